The Kier molecular flexibility index (Phi) is 5.98. The Balaban J connectivity index is 1.50. The first-order valence-corrected chi connectivity index (χ1v) is 9.86. The minimum Gasteiger partial charge on any atom is -0.411 e. The first-order valence-electron chi connectivity index (χ1n) is 8.87. The van der Waals surface area contributed by atoms with Crippen molar-refractivity contribution in [3.8, 4) is 11.5 Å². The van der Waals surface area contributed by atoms with Crippen LogP contribution in [0.4, 0.5) is 0 Å². The number of amides is 1. The highest BCUT2D eigenvalue weighted by Crippen LogP contribution is 2.27. The summed E-state index contributed by atoms with van der Waals surface area (Å²) in [6.07, 6.45) is 2.22. The van der Waals surface area contributed by atoms with Gasteiger partial charge in [0.15, 0.2) is 0 Å². The largest absolute Gasteiger partial charge is 0.411 e. The minimum atomic E-state index is -0.0558. The second-order valence-corrected chi connectivity index (χ2v) is 8.35. The predicted molar refractivity (Wildman–Crippen MR) is 101 cm³/mol. The molecule has 1 aliphatic heterocycles. The number of hydrogen-bond donors (Lipinski definition) is 1. The van der Waals surface area contributed by atoms with Gasteiger partial charge in [-0.2, -0.15) is 0 Å². The molecule has 0 aliphatic carbocycles. The molecule has 1 aromatic heterocycles. The Morgan fingerprint density at radius 2 is 2.04 bits per heavy atom. The minimum absolute atomic E-state index is 0.0558. The molecule has 0 unspecified atom stereocenters. The van der Waals surface area contributed by atoms with Gasteiger partial charge >= 0.3 is 0 Å². The maximum Gasteiger partial charge on any atom is 0.277 e. The highest BCUT2D eigenvalue weighted by molar-refractivity contribution is 7.99. The molecule has 1 saturated heterocycles. The Hall–Kier alpha value is -1.86. The summed E-state index contributed by atoms with van der Waals surface area (Å²) in [7, 11) is 0. The fraction of sp³-hybridized carbons (Fsp3) is 0.526. The number of nitrogens with zero attached hydrogens (tertiary/aromatic N) is 2. The number of ether oxygens (including phenoxy) is 1. The van der Waals surface area contributed by atoms with Crippen LogP contribution in [0.1, 0.15) is 39.2 Å². The lowest BCUT2D eigenvalue weighted by molar-refractivity contribution is -0.119. The van der Waals surface area contributed by atoms with Gasteiger partial charge in [0.2, 0.25) is 11.8 Å². The van der Waals surface area contributed by atoms with Crippen LogP contribution in [0.25, 0.3) is 11.5 Å². The first-order chi connectivity index (χ1) is 12.4. The molecule has 1 fully saturated rings. The summed E-state index contributed by atoms with van der Waals surface area (Å²) >= 11 is 1.24. The molecule has 1 aliphatic rings. The van der Waals surface area contributed by atoms with Gasteiger partial charge in [-0.25, -0.2) is 0 Å². The van der Waals surface area contributed by atoms with Crippen LogP contribution in [-0.4, -0.2) is 41.1 Å². The molecule has 7 heteroatoms. The van der Waals surface area contributed by atoms with Gasteiger partial charge < -0.3 is 14.5 Å². The zero-order chi connectivity index (χ0) is 18.6. The number of aromatic nitrogens is 2. The van der Waals surface area contributed by atoms with Crippen LogP contribution < -0.4 is 5.32 Å². The molecule has 2 heterocycles. The van der Waals surface area contributed by atoms with Crippen LogP contribution in [0, 0.1) is 0 Å². The monoisotopic (exact) mass is 375 g/mol. The lowest BCUT2D eigenvalue weighted by Crippen LogP contribution is -2.32. The van der Waals surface area contributed by atoms with Gasteiger partial charge in [-0.15, -0.1) is 10.2 Å². The number of nitrogens with one attached hydrogen (secondary N) is 1. The van der Waals surface area contributed by atoms with Gasteiger partial charge in [-0.3, -0.25) is 4.79 Å². The summed E-state index contributed by atoms with van der Waals surface area (Å²) in [5.74, 6) is 0.657. The first kappa shape index (κ1) is 18.9. The van der Waals surface area contributed by atoms with Crippen molar-refractivity contribution in [1.82, 2.24) is 15.5 Å². The molecule has 0 saturated carbocycles. The Bertz CT molecular complexity index is 731. The van der Waals surface area contributed by atoms with E-state index >= 15 is 0 Å². The number of carbonyl (C=O) groups is 1. The predicted octanol–water partition coefficient (Wildman–Crippen LogP) is 3.42. The van der Waals surface area contributed by atoms with Crippen molar-refractivity contribution < 1.29 is 13.9 Å². The van der Waals surface area contributed by atoms with Crippen molar-refractivity contribution in [2.75, 3.05) is 18.9 Å². The zero-order valence-electron chi connectivity index (χ0n) is 15.4. The number of benzene rings is 1. The molecule has 0 radical (unpaired) electrons. The number of hydrogen-bond acceptors (Lipinski definition) is 6. The van der Waals surface area contributed by atoms with Crippen LogP contribution in [0.2, 0.25) is 0 Å². The van der Waals surface area contributed by atoms with E-state index in [4.69, 9.17) is 9.15 Å². The molecule has 1 amide bonds. The van der Waals surface area contributed by atoms with E-state index < -0.39 is 0 Å². The summed E-state index contributed by atoms with van der Waals surface area (Å²) in [4.78, 5) is 11.9. The molecule has 140 valence electrons. The molecular weight excluding hydrogens is 350 g/mol. The molecule has 1 aromatic carbocycles. The lowest BCUT2D eigenvalue weighted by Gasteiger charge is -2.18. The third kappa shape index (κ3) is 5.08. The van der Waals surface area contributed by atoms with Crippen LogP contribution >= 0.6 is 11.8 Å². The molecule has 1 N–H and O–H groups in total. The van der Waals surface area contributed by atoms with Gasteiger partial charge in [-0.05, 0) is 36.0 Å². The average Bonchev–Trinajstić information content (AvgIpc) is 3.29. The molecule has 26 heavy (non-hydrogen) atoms. The third-order valence-electron chi connectivity index (χ3n) is 4.28. The van der Waals surface area contributed by atoms with E-state index in [1.807, 2.05) is 12.1 Å². The van der Waals surface area contributed by atoms with E-state index in [9.17, 15) is 4.79 Å². The fourth-order valence-electron chi connectivity index (χ4n) is 2.71. The van der Waals surface area contributed by atoms with Crippen molar-refractivity contribution in [3.63, 3.8) is 0 Å². The van der Waals surface area contributed by atoms with E-state index in [1.54, 1.807) is 0 Å². The maximum absolute atomic E-state index is 11.9. The second kappa shape index (κ2) is 8.22. The lowest BCUT2D eigenvalue weighted by atomic mass is 9.87. The smallest absolute Gasteiger partial charge is 0.277 e. The molecule has 2 aromatic rings. The quantitative estimate of drug-likeness (QED) is 0.780. The van der Waals surface area contributed by atoms with E-state index in [0.29, 0.717) is 17.7 Å². The summed E-state index contributed by atoms with van der Waals surface area (Å²) in [5.41, 5.74) is 2.23. The number of rotatable bonds is 6. The SMILES string of the molecule is CC(C)(C)c1ccc(-c2nnc(SCC(=O)NC[C@@H]3CCCO3)o2)cc1. The number of thioether (sulfide) groups is 1. The highest BCUT2D eigenvalue weighted by atomic mass is 32.2. The molecular formula is C19H25N3O3S. The standard InChI is InChI=1S/C19H25N3O3S/c1-19(2,3)14-8-6-13(7-9-14)17-21-22-18(25-17)26-12-16(23)20-11-15-5-4-10-24-15/h6-9,15H,4-5,10-12H2,1-3H3,(H,20,23)/t15-/m0/s1. The van der Waals surface area contributed by atoms with E-state index in [2.05, 4.69) is 48.4 Å². The van der Waals surface area contributed by atoms with E-state index in [1.165, 1.54) is 17.3 Å². The second-order valence-electron chi connectivity index (χ2n) is 7.43. The molecule has 0 spiro atoms. The van der Waals surface area contributed by atoms with Gasteiger partial charge in [0.1, 0.15) is 0 Å². The molecule has 1 atom stereocenters. The van der Waals surface area contributed by atoms with Crippen LogP contribution in [-0.2, 0) is 14.9 Å². The van der Waals surface area contributed by atoms with Crippen LogP contribution in [0.5, 0.6) is 0 Å². The maximum atomic E-state index is 11.9. The van der Waals surface area contributed by atoms with Crippen LogP contribution in [0.15, 0.2) is 33.9 Å². The third-order valence-corrected chi connectivity index (χ3v) is 5.10. The Morgan fingerprint density at radius 1 is 1.27 bits per heavy atom. The Morgan fingerprint density at radius 3 is 2.69 bits per heavy atom. The molecule has 6 nitrogen and oxygen atoms in total. The fourth-order valence-corrected chi connectivity index (χ4v) is 3.30. The van der Waals surface area contributed by atoms with Crippen molar-refractivity contribution in [2.24, 2.45) is 0 Å². The topological polar surface area (TPSA) is 77.2 Å². The van der Waals surface area contributed by atoms with Crippen LogP contribution in [0.3, 0.4) is 0 Å². The van der Waals surface area contributed by atoms with E-state index in [0.717, 1.165) is 25.0 Å². The average molecular weight is 375 g/mol. The summed E-state index contributed by atoms with van der Waals surface area (Å²) in [5, 5.41) is 11.4. The molecule has 0 bridgehead atoms. The van der Waals surface area contributed by atoms with Crippen molar-refractivity contribution in [3.05, 3.63) is 29.8 Å². The zero-order valence-corrected chi connectivity index (χ0v) is 16.3. The summed E-state index contributed by atoms with van der Waals surface area (Å²) < 4.78 is 11.1. The van der Waals surface area contributed by atoms with Gasteiger partial charge in [0.25, 0.3) is 5.22 Å². The highest BCUT2D eigenvalue weighted by Gasteiger charge is 2.17. The normalized spacial score (nSPS) is 17.4. The van der Waals surface area contributed by atoms with Crippen molar-refractivity contribution in [1.29, 1.82) is 0 Å². The van der Waals surface area contributed by atoms with Gasteiger partial charge in [0.05, 0.1) is 11.9 Å². The van der Waals surface area contributed by atoms with Gasteiger partial charge in [0, 0.05) is 18.7 Å². The van der Waals surface area contributed by atoms with E-state index in [-0.39, 0.29) is 23.2 Å². The molecule has 3 rings (SSSR count). The van der Waals surface area contributed by atoms with Crippen molar-refractivity contribution in [2.45, 2.75) is 50.4 Å². The summed E-state index contributed by atoms with van der Waals surface area (Å²) in [6.45, 7) is 7.87. The number of carbonyl (C=O) groups excluding carboxylic acids is 1. The summed E-state index contributed by atoms with van der Waals surface area (Å²) in [6, 6.07) is 8.11. The van der Waals surface area contributed by atoms with Gasteiger partial charge in [-0.1, -0.05) is 44.7 Å². The Labute approximate surface area is 158 Å². The van der Waals surface area contributed by atoms with Crippen molar-refractivity contribution >= 4 is 17.7 Å².